The standard InChI is InChI=1S/C13H11ClN2O2/c1-2-18-13(17)10-6-11(16-12(14)7-10)9-4-3-5-15-8-9/h3-8H,2H2,1H3. The molecular formula is C13H11ClN2O2. The number of carbonyl (C=O) groups excluding carboxylic acids is 1. The molecular weight excluding hydrogens is 252 g/mol. The summed E-state index contributed by atoms with van der Waals surface area (Å²) in [6.07, 6.45) is 3.33. The lowest BCUT2D eigenvalue weighted by Crippen LogP contribution is -2.05. The van der Waals surface area contributed by atoms with Gasteiger partial charge in [-0.05, 0) is 31.2 Å². The van der Waals surface area contributed by atoms with Gasteiger partial charge in [-0.25, -0.2) is 9.78 Å². The number of aromatic nitrogens is 2. The second-order valence-corrected chi connectivity index (χ2v) is 3.91. The fourth-order valence-electron chi connectivity index (χ4n) is 1.49. The summed E-state index contributed by atoms with van der Waals surface area (Å²) in [7, 11) is 0. The van der Waals surface area contributed by atoms with Crippen molar-refractivity contribution in [2.24, 2.45) is 0 Å². The van der Waals surface area contributed by atoms with Crippen molar-refractivity contribution in [2.75, 3.05) is 6.61 Å². The van der Waals surface area contributed by atoms with Crippen molar-refractivity contribution in [3.05, 3.63) is 47.4 Å². The molecule has 0 atom stereocenters. The number of esters is 1. The Bertz CT molecular complexity index is 558. The van der Waals surface area contributed by atoms with Gasteiger partial charge in [0.1, 0.15) is 5.15 Å². The Kier molecular flexibility index (Phi) is 3.89. The topological polar surface area (TPSA) is 52.1 Å². The Labute approximate surface area is 110 Å². The molecule has 0 amide bonds. The third kappa shape index (κ3) is 2.84. The van der Waals surface area contributed by atoms with Crippen molar-refractivity contribution in [3.8, 4) is 11.3 Å². The van der Waals surface area contributed by atoms with Gasteiger partial charge in [0, 0.05) is 18.0 Å². The first-order valence-electron chi connectivity index (χ1n) is 5.46. The van der Waals surface area contributed by atoms with Gasteiger partial charge in [0.15, 0.2) is 0 Å². The maximum atomic E-state index is 11.7. The van der Waals surface area contributed by atoms with Gasteiger partial charge in [0.25, 0.3) is 0 Å². The van der Waals surface area contributed by atoms with E-state index in [-0.39, 0.29) is 5.15 Å². The summed E-state index contributed by atoms with van der Waals surface area (Å²) in [6, 6.07) is 6.77. The lowest BCUT2D eigenvalue weighted by atomic mass is 10.1. The van der Waals surface area contributed by atoms with Crippen molar-refractivity contribution in [3.63, 3.8) is 0 Å². The first kappa shape index (κ1) is 12.5. The van der Waals surface area contributed by atoms with Gasteiger partial charge < -0.3 is 4.74 Å². The SMILES string of the molecule is CCOC(=O)c1cc(Cl)nc(-c2cccnc2)c1. The van der Waals surface area contributed by atoms with Gasteiger partial charge >= 0.3 is 5.97 Å². The van der Waals surface area contributed by atoms with Crippen LogP contribution in [0.5, 0.6) is 0 Å². The molecule has 0 aliphatic rings. The maximum absolute atomic E-state index is 11.7. The number of pyridine rings is 2. The second kappa shape index (κ2) is 5.60. The minimum Gasteiger partial charge on any atom is -0.462 e. The fourth-order valence-corrected chi connectivity index (χ4v) is 1.70. The van der Waals surface area contributed by atoms with E-state index in [4.69, 9.17) is 16.3 Å². The quantitative estimate of drug-likeness (QED) is 0.630. The zero-order valence-electron chi connectivity index (χ0n) is 9.76. The van der Waals surface area contributed by atoms with Gasteiger partial charge in [0.05, 0.1) is 17.9 Å². The van der Waals surface area contributed by atoms with Gasteiger partial charge in [-0.3, -0.25) is 4.98 Å². The highest BCUT2D eigenvalue weighted by molar-refractivity contribution is 6.29. The van der Waals surface area contributed by atoms with E-state index in [1.807, 2.05) is 6.07 Å². The van der Waals surface area contributed by atoms with E-state index in [2.05, 4.69) is 9.97 Å². The van der Waals surface area contributed by atoms with E-state index >= 15 is 0 Å². The molecule has 0 aliphatic carbocycles. The van der Waals surface area contributed by atoms with Crippen molar-refractivity contribution >= 4 is 17.6 Å². The molecule has 0 bridgehead atoms. The molecule has 18 heavy (non-hydrogen) atoms. The Hall–Kier alpha value is -1.94. The predicted molar refractivity (Wildman–Crippen MR) is 68.4 cm³/mol. The molecule has 0 aromatic carbocycles. The predicted octanol–water partition coefficient (Wildman–Crippen LogP) is 2.97. The smallest absolute Gasteiger partial charge is 0.338 e. The summed E-state index contributed by atoms with van der Waals surface area (Å²) in [5, 5.41) is 0.249. The van der Waals surface area contributed by atoms with E-state index < -0.39 is 5.97 Å². The van der Waals surface area contributed by atoms with E-state index in [9.17, 15) is 4.79 Å². The highest BCUT2D eigenvalue weighted by Gasteiger charge is 2.11. The van der Waals surface area contributed by atoms with Crippen LogP contribution in [0.25, 0.3) is 11.3 Å². The van der Waals surface area contributed by atoms with Gasteiger partial charge in [0.2, 0.25) is 0 Å². The van der Waals surface area contributed by atoms with E-state index in [0.717, 1.165) is 5.56 Å². The Morgan fingerprint density at radius 2 is 2.28 bits per heavy atom. The van der Waals surface area contributed by atoms with Gasteiger partial charge in [-0.15, -0.1) is 0 Å². The summed E-state index contributed by atoms with van der Waals surface area (Å²) in [4.78, 5) is 19.8. The number of rotatable bonds is 3. The van der Waals surface area contributed by atoms with Crippen molar-refractivity contribution < 1.29 is 9.53 Å². The summed E-state index contributed by atoms with van der Waals surface area (Å²) >= 11 is 5.90. The van der Waals surface area contributed by atoms with Crippen LogP contribution in [0.3, 0.4) is 0 Å². The van der Waals surface area contributed by atoms with Gasteiger partial charge in [-0.2, -0.15) is 0 Å². The van der Waals surface area contributed by atoms with Crippen LogP contribution in [0.15, 0.2) is 36.7 Å². The van der Waals surface area contributed by atoms with Crippen molar-refractivity contribution in [1.29, 1.82) is 0 Å². The monoisotopic (exact) mass is 262 g/mol. The minimum absolute atomic E-state index is 0.249. The van der Waals surface area contributed by atoms with Gasteiger partial charge in [-0.1, -0.05) is 11.6 Å². The molecule has 2 heterocycles. The van der Waals surface area contributed by atoms with Crippen LogP contribution in [0.4, 0.5) is 0 Å². The number of hydrogen-bond acceptors (Lipinski definition) is 4. The average molecular weight is 263 g/mol. The highest BCUT2D eigenvalue weighted by atomic mass is 35.5. The van der Waals surface area contributed by atoms with E-state index in [1.54, 1.807) is 31.5 Å². The summed E-state index contributed by atoms with van der Waals surface area (Å²) in [6.45, 7) is 2.07. The molecule has 5 heteroatoms. The second-order valence-electron chi connectivity index (χ2n) is 3.53. The normalized spacial score (nSPS) is 10.1. The first-order valence-corrected chi connectivity index (χ1v) is 5.83. The summed E-state index contributed by atoms with van der Waals surface area (Å²) < 4.78 is 4.93. The number of ether oxygens (including phenoxy) is 1. The van der Waals surface area contributed by atoms with Crippen LogP contribution in [-0.2, 0) is 4.74 Å². The van der Waals surface area contributed by atoms with E-state index in [1.165, 1.54) is 6.07 Å². The highest BCUT2D eigenvalue weighted by Crippen LogP contribution is 2.20. The zero-order valence-corrected chi connectivity index (χ0v) is 10.5. The lowest BCUT2D eigenvalue weighted by molar-refractivity contribution is 0.0526. The largest absolute Gasteiger partial charge is 0.462 e. The van der Waals surface area contributed by atoms with Crippen molar-refractivity contribution in [2.45, 2.75) is 6.92 Å². The van der Waals surface area contributed by atoms with Crippen LogP contribution < -0.4 is 0 Å². The lowest BCUT2D eigenvalue weighted by Gasteiger charge is -2.05. The molecule has 92 valence electrons. The molecule has 0 saturated heterocycles. The molecule has 0 saturated carbocycles. The Balaban J connectivity index is 2.41. The van der Waals surface area contributed by atoms with Crippen LogP contribution in [0.1, 0.15) is 17.3 Å². The summed E-state index contributed by atoms with van der Waals surface area (Å²) in [5.74, 6) is -0.410. The third-order valence-corrected chi connectivity index (χ3v) is 2.46. The van der Waals surface area contributed by atoms with Crippen LogP contribution in [-0.4, -0.2) is 22.5 Å². The molecule has 0 fully saturated rings. The third-order valence-electron chi connectivity index (χ3n) is 2.26. The molecule has 0 N–H and O–H groups in total. The average Bonchev–Trinajstić information content (AvgIpc) is 2.39. The molecule has 2 aromatic heterocycles. The zero-order chi connectivity index (χ0) is 13.0. The Morgan fingerprint density at radius 3 is 2.94 bits per heavy atom. The Morgan fingerprint density at radius 1 is 1.44 bits per heavy atom. The minimum atomic E-state index is -0.410. The number of carbonyl (C=O) groups is 1. The number of nitrogens with zero attached hydrogens (tertiary/aromatic N) is 2. The van der Waals surface area contributed by atoms with Crippen LogP contribution >= 0.6 is 11.6 Å². The van der Waals surface area contributed by atoms with Crippen molar-refractivity contribution in [1.82, 2.24) is 9.97 Å². The molecule has 2 rings (SSSR count). The molecule has 2 aromatic rings. The number of halogens is 1. The first-order chi connectivity index (χ1) is 8.70. The molecule has 0 unspecified atom stereocenters. The maximum Gasteiger partial charge on any atom is 0.338 e. The summed E-state index contributed by atoms with van der Waals surface area (Å²) in [5.41, 5.74) is 1.78. The fraction of sp³-hybridized carbons (Fsp3) is 0.154. The van der Waals surface area contributed by atoms with Crippen LogP contribution in [0.2, 0.25) is 5.15 Å². The molecule has 0 spiro atoms. The molecule has 4 nitrogen and oxygen atoms in total. The molecule has 0 radical (unpaired) electrons. The van der Waals surface area contributed by atoms with E-state index in [0.29, 0.717) is 17.9 Å². The number of hydrogen-bond donors (Lipinski definition) is 0. The molecule has 0 aliphatic heterocycles. The van der Waals surface area contributed by atoms with Crippen LogP contribution in [0, 0.1) is 0 Å².